The fourth-order valence-electron chi connectivity index (χ4n) is 1.40. The molecule has 2 nitrogen and oxygen atoms in total. The zero-order chi connectivity index (χ0) is 11.3. The molecule has 0 aliphatic heterocycles. The van der Waals surface area contributed by atoms with Crippen LogP contribution in [-0.2, 0) is 6.42 Å². The molecule has 1 aromatic carbocycles. The lowest BCUT2D eigenvalue weighted by atomic mass is 9.98. The van der Waals surface area contributed by atoms with Gasteiger partial charge < -0.3 is 4.74 Å². The predicted octanol–water partition coefficient (Wildman–Crippen LogP) is 2.93. The predicted molar refractivity (Wildman–Crippen MR) is 56.1 cm³/mol. The Kier molecular flexibility index (Phi) is 4.11. The van der Waals surface area contributed by atoms with E-state index in [4.69, 9.17) is 10.00 Å². The summed E-state index contributed by atoms with van der Waals surface area (Å²) in [7, 11) is 1.43. The van der Waals surface area contributed by atoms with E-state index in [1.807, 2.05) is 6.92 Å². The lowest BCUT2D eigenvalue weighted by molar-refractivity contribution is 0.386. The molecule has 0 bridgehead atoms. The first-order valence-electron chi connectivity index (χ1n) is 4.93. The third-order valence-electron chi connectivity index (χ3n) is 2.37. The van der Waals surface area contributed by atoms with Crippen LogP contribution in [0.3, 0.4) is 0 Å². The summed E-state index contributed by atoms with van der Waals surface area (Å²) in [5.41, 5.74) is 0.835. The SMILES string of the molecule is CCC(C#N)Cc1ccc(OC)c(F)c1. The maximum atomic E-state index is 13.3. The number of rotatable bonds is 4. The Bertz CT molecular complexity index is 370. The molecule has 0 amide bonds. The number of methoxy groups -OCH3 is 1. The Labute approximate surface area is 89.3 Å². The molecule has 0 saturated carbocycles. The molecule has 15 heavy (non-hydrogen) atoms. The molecule has 0 N–H and O–H groups in total. The van der Waals surface area contributed by atoms with E-state index >= 15 is 0 Å². The van der Waals surface area contributed by atoms with Crippen molar-refractivity contribution in [1.82, 2.24) is 0 Å². The first-order chi connectivity index (χ1) is 7.21. The molecule has 0 aliphatic carbocycles. The fourth-order valence-corrected chi connectivity index (χ4v) is 1.40. The average Bonchev–Trinajstić information content (AvgIpc) is 2.26. The van der Waals surface area contributed by atoms with E-state index in [2.05, 4.69) is 6.07 Å². The van der Waals surface area contributed by atoms with Crippen LogP contribution in [0, 0.1) is 23.1 Å². The summed E-state index contributed by atoms with van der Waals surface area (Å²) in [6.45, 7) is 1.95. The molecular formula is C12H14FNO. The summed E-state index contributed by atoms with van der Waals surface area (Å²) < 4.78 is 18.1. The molecule has 1 rings (SSSR count). The second-order valence-electron chi connectivity index (χ2n) is 3.41. The van der Waals surface area contributed by atoms with Crippen LogP contribution in [0.15, 0.2) is 18.2 Å². The van der Waals surface area contributed by atoms with Gasteiger partial charge in [-0.1, -0.05) is 13.0 Å². The molecule has 0 heterocycles. The summed E-state index contributed by atoms with van der Waals surface area (Å²) in [6.07, 6.45) is 1.37. The van der Waals surface area contributed by atoms with Crippen LogP contribution in [0.5, 0.6) is 5.75 Å². The number of hydrogen-bond acceptors (Lipinski definition) is 2. The second-order valence-corrected chi connectivity index (χ2v) is 3.41. The van der Waals surface area contributed by atoms with E-state index < -0.39 is 0 Å². The molecule has 0 fully saturated rings. The molecule has 0 spiro atoms. The normalized spacial score (nSPS) is 11.9. The summed E-state index contributed by atoms with van der Waals surface area (Å²) in [5, 5.41) is 8.79. The summed E-state index contributed by atoms with van der Waals surface area (Å²) in [5.74, 6) is -0.177. The standard InChI is InChI=1S/C12H14FNO/c1-3-9(8-14)6-10-4-5-12(15-2)11(13)7-10/h4-5,7,9H,3,6H2,1-2H3. The quantitative estimate of drug-likeness (QED) is 0.760. The van der Waals surface area contributed by atoms with Gasteiger partial charge in [0.1, 0.15) is 0 Å². The number of ether oxygens (including phenoxy) is 1. The van der Waals surface area contributed by atoms with Crippen molar-refractivity contribution in [2.75, 3.05) is 7.11 Å². The summed E-state index contributed by atoms with van der Waals surface area (Å²) in [4.78, 5) is 0. The second kappa shape index (κ2) is 5.35. The van der Waals surface area contributed by atoms with Crippen LogP contribution in [0.1, 0.15) is 18.9 Å². The minimum absolute atomic E-state index is 0.0437. The van der Waals surface area contributed by atoms with Crippen molar-refractivity contribution >= 4 is 0 Å². The van der Waals surface area contributed by atoms with Gasteiger partial charge in [-0.2, -0.15) is 5.26 Å². The van der Waals surface area contributed by atoms with Crippen molar-refractivity contribution in [2.24, 2.45) is 5.92 Å². The number of nitriles is 1. The van der Waals surface area contributed by atoms with Gasteiger partial charge in [-0.05, 0) is 30.5 Å². The minimum atomic E-state index is -0.372. The molecule has 0 saturated heterocycles. The zero-order valence-electron chi connectivity index (χ0n) is 8.96. The van der Waals surface area contributed by atoms with Crippen LogP contribution in [0.25, 0.3) is 0 Å². The monoisotopic (exact) mass is 207 g/mol. The minimum Gasteiger partial charge on any atom is -0.494 e. The van der Waals surface area contributed by atoms with Crippen LogP contribution in [0.2, 0.25) is 0 Å². The van der Waals surface area contributed by atoms with Gasteiger partial charge in [0.2, 0.25) is 0 Å². The number of nitrogens with zero attached hydrogens (tertiary/aromatic N) is 1. The highest BCUT2D eigenvalue weighted by molar-refractivity contribution is 5.29. The fraction of sp³-hybridized carbons (Fsp3) is 0.417. The summed E-state index contributed by atoms with van der Waals surface area (Å²) >= 11 is 0. The van der Waals surface area contributed by atoms with Crippen molar-refractivity contribution in [1.29, 1.82) is 5.26 Å². The van der Waals surface area contributed by atoms with Crippen LogP contribution >= 0.6 is 0 Å². The molecule has 80 valence electrons. The Balaban J connectivity index is 2.80. The average molecular weight is 207 g/mol. The van der Waals surface area contributed by atoms with Gasteiger partial charge in [-0.25, -0.2) is 4.39 Å². The van der Waals surface area contributed by atoms with E-state index in [1.54, 1.807) is 12.1 Å². The van der Waals surface area contributed by atoms with E-state index in [0.717, 1.165) is 12.0 Å². The molecule has 0 aromatic heterocycles. The third kappa shape index (κ3) is 2.95. The topological polar surface area (TPSA) is 33.0 Å². The van der Waals surface area contributed by atoms with E-state index in [0.29, 0.717) is 6.42 Å². The first kappa shape index (κ1) is 11.5. The number of benzene rings is 1. The van der Waals surface area contributed by atoms with E-state index in [9.17, 15) is 4.39 Å². The Hall–Kier alpha value is -1.56. The zero-order valence-corrected chi connectivity index (χ0v) is 8.96. The summed E-state index contributed by atoms with van der Waals surface area (Å²) in [6, 6.07) is 7.01. The van der Waals surface area contributed by atoms with E-state index in [1.165, 1.54) is 13.2 Å². The largest absolute Gasteiger partial charge is 0.494 e. The maximum Gasteiger partial charge on any atom is 0.165 e. The van der Waals surface area contributed by atoms with Crippen molar-refractivity contribution in [3.8, 4) is 11.8 Å². The Morgan fingerprint density at radius 3 is 2.73 bits per heavy atom. The van der Waals surface area contributed by atoms with Gasteiger partial charge in [0, 0.05) is 0 Å². The lowest BCUT2D eigenvalue weighted by Crippen LogP contribution is -2.00. The van der Waals surface area contributed by atoms with Crippen LogP contribution in [-0.4, -0.2) is 7.11 Å². The van der Waals surface area contributed by atoms with Gasteiger partial charge >= 0.3 is 0 Å². The Morgan fingerprint density at radius 1 is 1.53 bits per heavy atom. The number of halogens is 1. The van der Waals surface area contributed by atoms with Crippen LogP contribution < -0.4 is 4.74 Å². The van der Waals surface area contributed by atoms with Crippen molar-refractivity contribution in [3.05, 3.63) is 29.6 Å². The highest BCUT2D eigenvalue weighted by Gasteiger charge is 2.08. The smallest absolute Gasteiger partial charge is 0.165 e. The van der Waals surface area contributed by atoms with Gasteiger partial charge in [0.25, 0.3) is 0 Å². The first-order valence-corrected chi connectivity index (χ1v) is 4.93. The van der Waals surface area contributed by atoms with Gasteiger partial charge in [-0.15, -0.1) is 0 Å². The highest BCUT2D eigenvalue weighted by Crippen LogP contribution is 2.20. The molecule has 1 atom stereocenters. The molecule has 1 aromatic rings. The number of hydrogen-bond donors (Lipinski definition) is 0. The highest BCUT2D eigenvalue weighted by atomic mass is 19.1. The van der Waals surface area contributed by atoms with Crippen molar-refractivity contribution in [2.45, 2.75) is 19.8 Å². The Morgan fingerprint density at radius 2 is 2.27 bits per heavy atom. The molecule has 0 radical (unpaired) electrons. The molecule has 1 unspecified atom stereocenters. The third-order valence-corrected chi connectivity index (χ3v) is 2.37. The van der Waals surface area contributed by atoms with Crippen LogP contribution in [0.4, 0.5) is 4.39 Å². The lowest BCUT2D eigenvalue weighted by Gasteiger charge is -2.07. The molecule has 0 aliphatic rings. The van der Waals surface area contributed by atoms with E-state index in [-0.39, 0.29) is 17.5 Å². The molecule has 3 heteroatoms. The van der Waals surface area contributed by atoms with Crippen molar-refractivity contribution in [3.63, 3.8) is 0 Å². The van der Waals surface area contributed by atoms with Gasteiger partial charge in [0.05, 0.1) is 19.1 Å². The van der Waals surface area contributed by atoms with Gasteiger partial charge in [-0.3, -0.25) is 0 Å². The van der Waals surface area contributed by atoms with Crippen molar-refractivity contribution < 1.29 is 9.13 Å². The van der Waals surface area contributed by atoms with Gasteiger partial charge in [0.15, 0.2) is 11.6 Å². The molecular weight excluding hydrogens is 193 g/mol. The maximum absolute atomic E-state index is 13.3.